The van der Waals surface area contributed by atoms with Crippen LogP contribution in [0.25, 0.3) is 0 Å². The van der Waals surface area contributed by atoms with E-state index in [0.29, 0.717) is 32.7 Å². The molecule has 0 N–H and O–H groups in total. The third-order valence-corrected chi connectivity index (χ3v) is 5.94. The van der Waals surface area contributed by atoms with E-state index in [9.17, 15) is 9.59 Å². The van der Waals surface area contributed by atoms with Crippen LogP contribution in [0.15, 0.2) is 73.2 Å². The van der Waals surface area contributed by atoms with Crippen molar-refractivity contribution in [2.45, 2.75) is 32.1 Å². The third kappa shape index (κ3) is 7.10. The van der Waals surface area contributed by atoms with Gasteiger partial charge in [-0.1, -0.05) is 24.3 Å². The topological polar surface area (TPSA) is 84.9 Å². The second-order valence-corrected chi connectivity index (χ2v) is 8.51. The summed E-state index contributed by atoms with van der Waals surface area (Å²) in [6.07, 6.45) is 5.69. The number of nitrogens with zero attached hydrogens (tertiary/aromatic N) is 4. The van der Waals surface area contributed by atoms with Crippen LogP contribution in [-0.4, -0.2) is 64.4 Å². The van der Waals surface area contributed by atoms with E-state index >= 15 is 0 Å². The number of benzene rings is 1. The van der Waals surface area contributed by atoms with Crippen molar-refractivity contribution < 1.29 is 19.1 Å². The van der Waals surface area contributed by atoms with Gasteiger partial charge in [0.25, 0.3) is 0 Å². The molecule has 0 radical (unpaired) electrons. The molecule has 8 heteroatoms. The summed E-state index contributed by atoms with van der Waals surface area (Å²) in [5.74, 6) is 0.586. The number of amides is 2. The fourth-order valence-electron chi connectivity index (χ4n) is 4.02. The normalized spacial score (nSPS) is 16.1. The summed E-state index contributed by atoms with van der Waals surface area (Å²) in [7, 11) is 1.62. The molecule has 1 saturated heterocycles. The molecule has 2 amide bonds. The maximum Gasteiger partial charge on any atom is 0.242 e. The Bertz CT molecular complexity index is 1090. The maximum absolute atomic E-state index is 13.2. The summed E-state index contributed by atoms with van der Waals surface area (Å²) in [6, 6.07) is 17.1. The van der Waals surface area contributed by atoms with Crippen LogP contribution in [0.1, 0.15) is 23.2 Å². The molecule has 8 nitrogen and oxygen atoms in total. The van der Waals surface area contributed by atoms with Crippen molar-refractivity contribution in [3.8, 4) is 5.75 Å². The van der Waals surface area contributed by atoms with Gasteiger partial charge in [0.2, 0.25) is 11.8 Å². The Morgan fingerprint density at radius 1 is 1.03 bits per heavy atom. The van der Waals surface area contributed by atoms with Crippen LogP contribution in [0.2, 0.25) is 0 Å². The van der Waals surface area contributed by atoms with E-state index in [0.717, 1.165) is 22.6 Å². The molecule has 182 valence electrons. The lowest BCUT2D eigenvalue weighted by atomic mass is 10.2. The second-order valence-electron chi connectivity index (χ2n) is 8.51. The highest BCUT2D eigenvalue weighted by atomic mass is 16.5. The van der Waals surface area contributed by atoms with Gasteiger partial charge in [-0.05, 0) is 47.9 Å². The average Bonchev–Trinajstić information content (AvgIpc) is 3.06. The molecule has 3 aromatic rings. The minimum Gasteiger partial charge on any atom is -0.497 e. The third-order valence-electron chi connectivity index (χ3n) is 5.94. The summed E-state index contributed by atoms with van der Waals surface area (Å²) in [5, 5.41) is 0. The first-order valence-corrected chi connectivity index (χ1v) is 11.7. The zero-order valence-electron chi connectivity index (χ0n) is 19.9. The van der Waals surface area contributed by atoms with Crippen molar-refractivity contribution in [1.29, 1.82) is 0 Å². The highest BCUT2D eigenvalue weighted by molar-refractivity contribution is 5.85. The summed E-state index contributed by atoms with van der Waals surface area (Å²) in [4.78, 5) is 38.1. The van der Waals surface area contributed by atoms with Crippen LogP contribution in [0.5, 0.6) is 5.75 Å². The Labute approximate surface area is 205 Å². The first-order valence-electron chi connectivity index (χ1n) is 11.7. The largest absolute Gasteiger partial charge is 0.497 e. The summed E-state index contributed by atoms with van der Waals surface area (Å²) >= 11 is 0. The Morgan fingerprint density at radius 2 is 1.89 bits per heavy atom. The molecule has 0 aliphatic carbocycles. The van der Waals surface area contributed by atoms with Gasteiger partial charge in [-0.15, -0.1) is 0 Å². The zero-order valence-corrected chi connectivity index (χ0v) is 19.9. The SMILES string of the molecule is COc1ccc(CN2CC(OCc3cccnc3)CN(C(=O)CCc3ccccn3)CC2=O)cc1. The molecule has 1 atom stereocenters. The van der Waals surface area contributed by atoms with Crippen LogP contribution in [0.4, 0.5) is 0 Å². The molecule has 1 aliphatic heterocycles. The predicted octanol–water partition coefficient (Wildman–Crippen LogP) is 2.87. The molecule has 1 fully saturated rings. The minimum atomic E-state index is -0.321. The molecule has 3 heterocycles. The van der Waals surface area contributed by atoms with Crippen LogP contribution in [-0.2, 0) is 33.9 Å². The molecule has 1 aromatic carbocycles. The van der Waals surface area contributed by atoms with E-state index in [-0.39, 0.29) is 30.9 Å². The number of ether oxygens (including phenoxy) is 2. The molecule has 1 aliphatic rings. The Balaban J connectivity index is 1.45. The highest BCUT2D eigenvalue weighted by Gasteiger charge is 2.31. The monoisotopic (exact) mass is 474 g/mol. The molecule has 0 bridgehead atoms. The van der Waals surface area contributed by atoms with Gasteiger partial charge < -0.3 is 19.3 Å². The molecular formula is C27H30N4O4. The van der Waals surface area contributed by atoms with Crippen molar-refractivity contribution in [3.63, 3.8) is 0 Å². The molecule has 0 spiro atoms. The van der Waals surface area contributed by atoms with Crippen molar-refractivity contribution in [2.24, 2.45) is 0 Å². The van der Waals surface area contributed by atoms with Crippen molar-refractivity contribution in [3.05, 3.63) is 90.0 Å². The average molecular weight is 475 g/mol. The number of aromatic nitrogens is 2. The van der Waals surface area contributed by atoms with Crippen LogP contribution < -0.4 is 4.74 Å². The fraction of sp³-hybridized carbons (Fsp3) is 0.333. The number of pyridine rings is 2. The number of hydrogen-bond acceptors (Lipinski definition) is 6. The van der Waals surface area contributed by atoms with E-state index in [2.05, 4.69) is 9.97 Å². The first kappa shape index (κ1) is 24.3. The van der Waals surface area contributed by atoms with Crippen LogP contribution in [0, 0.1) is 0 Å². The quantitative estimate of drug-likeness (QED) is 0.474. The lowest BCUT2D eigenvalue weighted by Gasteiger charge is -2.25. The van der Waals surface area contributed by atoms with Gasteiger partial charge in [0, 0.05) is 50.3 Å². The summed E-state index contributed by atoms with van der Waals surface area (Å²) in [6.45, 7) is 1.58. The van der Waals surface area contributed by atoms with Crippen molar-refractivity contribution in [1.82, 2.24) is 19.8 Å². The van der Waals surface area contributed by atoms with Gasteiger partial charge in [-0.2, -0.15) is 0 Å². The Kier molecular flexibility index (Phi) is 8.40. The lowest BCUT2D eigenvalue weighted by molar-refractivity contribution is -0.139. The molecular weight excluding hydrogens is 444 g/mol. The lowest BCUT2D eigenvalue weighted by Crippen LogP contribution is -2.39. The molecule has 1 unspecified atom stereocenters. The van der Waals surface area contributed by atoms with Gasteiger partial charge in [0.1, 0.15) is 5.75 Å². The number of carbonyl (C=O) groups excluding carboxylic acids is 2. The molecule has 0 saturated carbocycles. The number of rotatable bonds is 9. The molecule has 4 rings (SSSR count). The van der Waals surface area contributed by atoms with Crippen molar-refractivity contribution >= 4 is 11.8 Å². The van der Waals surface area contributed by atoms with Gasteiger partial charge >= 0.3 is 0 Å². The number of carbonyl (C=O) groups is 2. The van der Waals surface area contributed by atoms with E-state index in [4.69, 9.17) is 9.47 Å². The second kappa shape index (κ2) is 12.1. The van der Waals surface area contributed by atoms with Crippen LogP contribution in [0.3, 0.4) is 0 Å². The predicted molar refractivity (Wildman–Crippen MR) is 130 cm³/mol. The summed E-state index contributed by atoms with van der Waals surface area (Å²) < 4.78 is 11.4. The maximum atomic E-state index is 13.2. The van der Waals surface area contributed by atoms with E-state index in [1.54, 1.807) is 35.5 Å². The zero-order chi connectivity index (χ0) is 24.5. The fourth-order valence-corrected chi connectivity index (χ4v) is 4.02. The summed E-state index contributed by atoms with van der Waals surface area (Å²) in [5.41, 5.74) is 2.78. The molecule has 2 aromatic heterocycles. The standard InChI is InChI=1S/C27H30N4O4/c1-34-24-10-7-21(8-11-24)16-30-17-25(35-20-22-5-4-13-28-15-22)18-31(19-27(30)33)26(32)12-9-23-6-2-3-14-29-23/h2-8,10-11,13-15,25H,9,12,16-20H2,1H3. The van der Waals surface area contributed by atoms with Crippen molar-refractivity contribution in [2.75, 3.05) is 26.7 Å². The van der Waals surface area contributed by atoms with Crippen LogP contribution >= 0.6 is 0 Å². The van der Waals surface area contributed by atoms with E-state index in [1.807, 2.05) is 54.6 Å². The smallest absolute Gasteiger partial charge is 0.242 e. The van der Waals surface area contributed by atoms with Gasteiger partial charge in [0.05, 0.1) is 26.4 Å². The number of methoxy groups -OCH3 is 1. The Hall–Kier alpha value is -3.78. The minimum absolute atomic E-state index is 0.0317. The van der Waals surface area contributed by atoms with E-state index in [1.165, 1.54) is 0 Å². The van der Waals surface area contributed by atoms with Gasteiger partial charge in [-0.3, -0.25) is 19.6 Å². The highest BCUT2D eigenvalue weighted by Crippen LogP contribution is 2.17. The van der Waals surface area contributed by atoms with Gasteiger partial charge in [-0.25, -0.2) is 0 Å². The number of hydrogen-bond donors (Lipinski definition) is 0. The van der Waals surface area contributed by atoms with E-state index < -0.39 is 0 Å². The molecule has 35 heavy (non-hydrogen) atoms. The van der Waals surface area contributed by atoms with Gasteiger partial charge in [0.15, 0.2) is 0 Å². The number of aryl methyl sites for hydroxylation is 1. The first-order chi connectivity index (χ1) is 17.1. The Morgan fingerprint density at radius 3 is 2.60 bits per heavy atom.